The molecule has 2 heteroatoms. The molecule has 1 N–H and O–H groups in total. The van der Waals surface area contributed by atoms with Gasteiger partial charge in [0.1, 0.15) is 0 Å². The van der Waals surface area contributed by atoms with E-state index in [-0.39, 0.29) is 0 Å². The molecule has 94 valence electrons. The molecule has 0 spiro atoms. The van der Waals surface area contributed by atoms with Crippen molar-refractivity contribution in [2.45, 2.75) is 37.2 Å². The molecule has 1 fully saturated rings. The number of rotatable bonds is 4. The summed E-state index contributed by atoms with van der Waals surface area (Å²) in [6.07, 6.45) is 2.64. The van der Waals surface area contributed by atoms with E-state index >= 15 is 0 Å². The molecular formula is C15H23NS. The number of piperidine rings is 1. The molecule has 1 atom stereocenters. The second-order valence-electron chi connectivity index (χ2n) is 5.10. The summed E-state index contributed by atoms with van der Waals surface area (Å²) in [5.41, 5.74) is 1.51. The van der Waals surface area contributed by atoms with Crippen LogP contribution in [0.3, 0.4) is 0 Å². The van der Waals surface area contributed by atoms with Crippen LogP contribution in [0, 0.1) is 5.92 Å². The van der Waals surface area contributed by atoms with Gasteiger partial charge in [0.25, 0.3) is 0 Å². The third-order valence-electron chi connectivity index (χ3n) is 3.36. The molecule has 1 aromatic carbocycles. The predicted octanol–water partition coefficient (Wildman–Crippen LogP) is 3.87. The normalized spacial score (nSPS) is 19.5. The third-order valence-corrected chi connectivity index (χ3v) is 4.85. The molecule has 0 radical (unpaired) electrons. The zero-order valence-corrected chi connectivity index (χ0v) is 11.7. The van der Waals surface area contributed by atoms with E-state index in [4.69, 9.17) is 0 Å². The molecule has 1 nitrogen and oxygen atoms in total. The number of thioether (sulfide) groups is 1. The average molecular weight is 249 g/mol. The van der Waals surface area contributed by atoms with E-state index in [0.717, 1.165) is 5.92 Å². The van der Waals surface area contributed by atoms with Crippen LogP contribution in [0.2, 0.25) is 0 Å². The first-order valence-electron chi connectivity index (χ1n) is 6.68. The van der Waals surface area contributed by atoms with E-state index in [9.17, 15) is 0 Å². The van der Waals surface area contributed by atoms with E-state index < -0.39 is 0 Å². The topological polar surface area (TPSA) is 12.0 Å². The van der Waals surface area contributed by atoms with Gasteiger partial charge >= 0.3 is 0 Å². The van der Waals surface area contributed by atoms with Crippen LogP contribution in [0.15, 0.2) is 30.3 Å². The number of hydrogen-bond acceptors (Lipinski definition) is 2. The first kappa shape index (κ1) is 13.0. The molecule has 1 aliphatic rings. The largest absolute Gasteiger partial charge is 0.317 e. The molecule has 1 heterocycles. The number of benzene rings is 1. The lowest BCUT2D eigenvalue weighted by Gasteiger charge is -2.31. The lowest BCUT2D eigenvalue weighted by molar-refractivity contribution is 0.367. The first-order chi connectivity index (χ1) is 8.27. The molecule has 1 saturated heterocycles. The molecule has 1 unspecified atom stereocenters. The lowest BCUT2D eigenvalue weighted by atomic mass is 9.90. The summed E-state index contributed by atoms with van der Waals surface area (Å²) in [4.78, 5) is 0. The first-order valence-corrected chi connectivity index (χ1v) is 7.63. The highest BCUT2D eigenvalue weighted by Crippen LogP contribution is 2.41. The Morgan fingerprint density at radius 1 is 1.12 bits per heavy atom. The van der Waals surface area contributed by atoms with E-state index in [2.05, 4.69) is 61.3 Å². The summed E-state index contributed by atoms with van der Waals surface area (Å²) in [7, 11) is 0. The average Bonchev–Trinajstić information content (AvgIpc) is 2.38. The monoisotopic (exact) mass is 249 g/mol. The zero-order valence-electron chi connectivity index (χ0n) is 10.9. The minimum atomic E-state index is 0.679. The van der Waals surface area contributed by atoms with Gasteiger partial charge in [-0.3, -0.25) is 0 Å². The zero-order chi connectivity index (χ0) is 12.1. The highest BCUT2D eigenvalue weighted by Gasteiger charge is 2.25. The van der Waals surface area contributed by atoms with Crippen molar-refractivity contribution >= 4 is 11.8 Å². The van der Waals surface area contributed by atoms with Crippen molar-refractivity contribution in [1.82, 2.24) is 5.32 Å². The Bertz CT molecular complexity index is 317. The fourth-order valence-electron chi connectivity index (χ4n) is 2.54. The molecular weight excluding hydrogens is 226 g/mol. The Morgan fingerprint density at radius 2 is 1.76 bits per heavy atom. The minimum absolute atomic E-state index is 0.679. The van der Waals surface area contributed by atoms with Crippen molar-refractivity contribution in [2.24, 2.45) is 5.92 Å². The van der Waals surface area contributed by atoms with Crippen LogP contribution in [0.1, 0.15) is 37.5 Å². The van der Waals surface area contributed by atoms with E-state index in [1.807, 2.05) is 0 Å². The van der Waals surface area contributed by atoms with Gasteiger partial charge in [0.2, 0.25) is 0 Å². The molecule has 0 aliphatic carbocycles. The van der Waals surface area contributed by atoms with Crippen molar-refractivity contribution in [3.8, 4) is 0 Å². The fraction of sp³-hybridized carbons (Fsp3) is 0.600. The quantitative estimate of drug-likeness (QED) is 0.869. The van der Waals surface area contributed by atoms with Crippen molar-refractivity contribution in [3.05, 3.63) is 35.9 Å². The second-order valence-corrected chi connectivity index (χ2v) is 6.83. The number of hydrogen-bond donors (Lipinski definition) is 1. The predicted molar refractivity (Wildman–Crippen MR) is 77.5 cm³/mol. The minimum Gasteiger partial charge on any atom is -0.317 e. The lowest BCUT2D eigenvalue weighted by Crippen LogP contribution is -2.30. The highest BCUT2D eigenvalue weighted by atomic mass is 32.2. The fourth-order valence-corrected chi connectivity index (χ4v) is 3.94. The van der Waals surface area contributed by atoms with E-state index in [0.29, 0.717) is 10.5 Å². The Morgan fingerprint density at radius 3 is 2.35 bits per heavy atom. The van der Waals surface area contributed by atoms with Crippen LogP contribution in [0.25, 0.3) is 0 Å². The van der Waals surface area contributed by atoms with Crippen molar-refractivity contribution in [1.29, 1.82) is 0 Å². The van der Waals surface area contributed by atoms with Crippen molar-refractivity contribution < 1.29 is 0 Å². The van der Waals surface area contributed by atoms with Crippen LogP contribution in [-0.4, -0.2) is 18.3 Å². The van der Waals surface area contributed by atoms with Gasteiger partial charge in [0.15, 0.2) is 0 Å². The van der Waals surface area contributed by atoms with Gasteiger partial charge < -0.3 is 5.32 Å². The van der Waals surface area contributed by atoms with Crippen LogP contribution in [-0.2, 0) is 0 Å². The Kier molecular flexibility index (Phi) is 4.93. The molecule has 0 aromatic heterocycles. The van der Waals surface area contributed by atoms with Gasteiger partial charge in [-0.1, -0.05) is 44.2 Å². The molecule has 1 aliphatic heterocycles. The Balaban J connectivity index is 2.12. The number of nitrogens with one attached hydrogen (secondary N) is 1. The maximum atomic E-state index is 3.47. The molecule has 2 rings (SSSR count). The third kappa shape index (κ3) is 3.75. The maximum absolute atomic E-state index is 3.47. The SMILES string of the molecule is CC(C)SC(c1ccccc1)C1CCNCC1. The summed E-state index contributed by atoms with van der Waals surface area (Å²) in [6.45, 7) is 6.99. The maximum Gasteiger partial charge on any atom is 0.0328 e. The van der Waals surface area contributed by atoms with E-state index in [1.54, 1.807) is 0 Å². The van der Waals surface area contributed by atoms with Gasteiger partial charge in [0.05, 0.1) is 0 Å². The molecule has 0 bridgehead atoms. The second kappa shape index (κ2) is 6.46. The molecule has 1 aromatic rings. The van der Waals surface area contributed by atoms with Gasteiger partial charge in [-0.05, 0) is 42.7 Å². The summed E-state index contributed by atoms with van der Waals surface area (Å²) in [6, 6.07) is 11.0. The smallest absolute Gasteiger partial charge is 0.0328 e. The molecule has 17 heavy (non-hydrogen) atoms. The van der Waals surface area contributed by atoms with Crippen molar-refractivity contribution in [3.63, 3.8) is 0 Å². The molecule has 0 saturated carbocycles. The standard InChI is InChI=1S/C15H23NS/c1-12(2)17-15(13-6-4-3-5-7-13)14-8-10-16-11-9-14/h3-7,12,14-16H,8-11H2,1-2H3. The summed E-state index contributed by atoms with van der Waals surface area (Å²) in [5, 5.41) is 4.85. The molecule has 0 amide bonds. The van der Waals surface area contributed by atoms with E-state index in [1.165, 1.54) is 31.5 Å². The van der Waals surface area contributed by atoms with Crippen molar-refractivity contribution in [2.75, 3.05) is 13.1 Å². The summed E-state index contributed by atoms with van der Waals surface area (Å²) < 4.78 is 0. The van der Waals surface area contributed by atoms with Gasteiger partial charge in [-0.25, -0.2) is 0 Å². The Labute approximate surface area is 109 Å². The van der Waals surface area contributed by atoms with Gasteiger partial charge in [-0.15, -0.1) is 0 Å². The van der Waals surface area contributed by atoms with Crippen LogP contribution in [0.4, 0.5) is 0 Å². The summed E-state index contributed by atoms with van der Waals surface area (Å²) >= 11 is 2.13. The van der Waals surface area contributed by atoms with Gasteiger partial charge in [-0.2, -0.15) is 11.8 Å². The van der Waals surface area contributed by atoms with Crippen LogP contribution >= 0.6 is 11.8 Å². The van der Waals surface area contributed by atoms with Gasteiger partial charge in [0, 0.05) is 5.25 Å². The Hall–Kier alpha value is -0.470. The van der Waals surface area contributed by atoms with Crippen LogP contribution < -0.4 is 5.32 Å². The highest BCUT2D eigenvalue weighted by molar-refractivity contribution is 8.00. The van der Waals surface area contributed by atoms with Crippen LogP contribution in [0.5, 0.6) is 0 Å². The summed E-state index contributed by atoms with van der Waals surface area (Å²) in [5.74, 6) is 0.839.